The molecule has 10 heteroatoms. The summed E-state index contributed by atoms with van der Waals surface area (Å²) < 4.78 is 5.79. The van der Waals surface area contributed by atoms with Crippen molar-refractivity contribution >= 4 is 24.4 Å². The van der Waals surface area contributed by atoms with Crippen LogP contribution in [0.3, 0.4) is 0 Å². The predicted molar refractivity (Wildman–Crippen MR) is 128 cm³/mol. The maximum atomic E-state index is 12.9. The van der Waals surface area contributed by atoms with Gasteiger partial charge in [-0.25, -0.2) is 0 Å². The molecule has 1 aliphatic rings. The topological polar surface area (TPSA) is 133 Å². The lowest BCUT2D eigenvalue weighted by Gasteiger charge is -2.30. The lowest BCUT2D eigenvalue weighted by Crippen LogP contribution is -2.50. The van der Waals surface area contributed by atoms with Crippen LogP contribution >= 0.6 is 12.6 Å². The minimum absolute atomic E-state index is 0.0249. The highest BCUT2D eigenvalue weighted by molar-refractivity contribution is 7.80. The van der Waals surface area contributed by atoms with E-state index < -0.39 is 30.6 Å². The molecule has 0 spiro atoms. The van der Waals surface area contributed by atoms with Crippen LogP contribution in [0.5, 0.6) is 0 Å². The number of fused-ring (bicyclic) bond motifs is 2. The van der Waals surface area contributed by atoms with E-state index in [1.54, 1.807) is 31.2 Å². The van der Waals surface area contributed by atoms with Gasteiger partial charge in [0.05, 0.1) is 42.2 Å². The molecule has 33 heavy (non-hydrogen) atoms. The number of aromatic nitrogens is 1. The van der Waals surface area contributed by atoms with Crippen molar-refractivity contribution in [3.8, 4) is 0 Å². The zero-order chi connectivity index (χ0) is 24.4. The Morgan fingerprint density at radius 3 is 2.70 bits per heavy atom. The number of nitrogens with one attached hydrogen (secondary N) is 3. The van der Waals surface area contributed by atoms with Crippen molar-refractivity contribution < 1.29 is 24.5 Å². The van der Waals surface area contributed by atoms with Crippen LogP contribution in [0.4, 0.5) is 0 Å². The lowest BCUT2D eigenvalue weighted by atomic mass is 10.0. The minimum Gasteiger partial charge on any atom is -0.368 e. The summed E-state index contributed by atoms with van der Waals surface area (Å²) in [5.74, 6) is -0.349. The molecule has 2 amide bonds. The Balaban J connectivity index is 2.37. The van der Waals surface area contributed by atoms with E-state index in [2.05, 4.69) is 33.6 Å². The second kappa shape index (κ2) is 13.3. The van der Waals surface area contributed by atoms with Crippen LogP contribution in [0.25, 0.3) is 0 Å². The highest BCUT2D eigenvalue weighted by Gasteiger charge is 2.29. The molecule has 0 saturated carbocycles. The third-order valence-electron chi connectivity index (χ3n) is 5.07. The molecule has 1 aliphatic heterocycles. The molecule has 0 aromatic carbocycles. The number of aliphatic hydroxyl groups is 2. The van der Waals surface area contributed by atoms with Gasteiger partial charge in [-0.2, -0.15) is 12.6 Å². The minimum atomic E-state index is -1.36. The number of nitrogens with zero attached hydrogens (tertiary/aromatic N) is 1. The Labute approximate surface area is 200 Å². The molecule has 1 aromatic heterocycles. The molecule has 5 N–H and O–H groups in total. The van der Waals surface area contributed by atoms with Crippen molar-refractivity contribution in [2.45, 2.75) is 64.8 Å². The summed E-state index contributed by atoms with van der Waals surface area (Å²) in [7, 11) is 0. The van der Waals surface area contributed by atoms with Crippen molar-refractivity contribution in [3.05, 3.63) is 53.5 Å². The van der Waals surface area contributed by atoms with Gasteiger partial charge in [0.25, 0.3) is 5.91 Å². The third-order valence-corrected chi connectivity index (χ3v) is 5.33. The number of ether oxygens (including phenoxy) is 1. The van der Waals surface area contributed by atoms with Gasteiger partial charge in [0.1, 0.15) is 0 Å². The molecule has 2 bridgehead atoms. The van der Waals surface area contributed by atoms with Gasteiger partial charge in [0, 0.05) is 0 Å². The van der Waals surface area contributed by atoms with Gasteiger partial charge in [-0.3, -0.25) is 14.6 Å². The Hall–Kier alpha value is -2.40. The quantitative estimate of drug-likeness (QED) is 0.218. The van der Waals surface area contributed by atoms with Gasteiger partial charge in [-0.05, 0) is 37.1 Å². The Morgan fingerprint density at radius 1 is 1.27 bits per heavy atom. The molecule has 0 saturated heterocycles. The van der Waals surface area contributed by atoms with Crippen molar-refractivity contribution in [2.24, 2.45) is 5.92 Å². The van der Waals surface area contributed by atoms with Crippen LogP contribution in [0.2, 0.25) is 0 Å². The van der Waals surface area contributed by atoms with Crippen molar-refractivity contribution in [1.29, 1.82) is 0 Å². The number of hydrogen-bond acceptors (Lipinski definition) is 8. The molecule has 9 nitrogen and oxygen atoms in total. The standard InChI is InChI=1S/C23H34N4O5S/c1-4-17-21(29)27-20(14(2)3)23(31)32-16(9-5-6-11-33)12-19(28)24-13-15-8-7-10-18(25-15)22(30)26-17/h4-5,7-10,14,16,20,22-23,26,30-31,33H,6,11-13H2,1-3H3,(H,24,28)(H,27,29)/b9-5+,17-4-/t16-,20+,22?,23?/m1/s1. The number of pyridine rings is 1. The normalized spacial score (nSPS) is 26.8. The lowest BCUT2D eigenvalue weighted by molar-refractivity contribution is -0.157. The van der Waals surface area contributed by atoms with E-state index in [0.717, 1.165) is 0 Å². The summed E-state index contributed by atoms with van der Waals surface area (Å²) in [5.41, 5.74) is 0.971. The molecule has 2 rings (SSSR count). The molecule has 2 heterocycles. The first kappa shape index (κ1) is 26.8. The first-order valence-corrected chi connectivity index (χ1v) is 11.6. The smallest absolute Gasteiger partial charge is 0.267 e. The van der Waals surface area contributed by atoms with Crippen LogP contribution in [-0.4, -0.2) is 51.2 Å². The predicted octanol–water partition coefficient (Wildman–Crippen LogP) is 1.31. The van der Waals surface area contributed by atoms with E-state index in [0.29, 0.717) is 23.6 Å². The van der Waals surface area contributed by atoms with Crippen LogP contribution < -0.4 is 16.0 Å². The fraction of sp³-hybridized carbons (Fsp3) is 0.522. The molecule has 0 fully saturated rings. The van der Waals surface area contributed by atoms with Gasteiger partial charge in [0.2, 0.25) is 5.91 Å². The second-order valence-corrected chi connectivity index (χ2v) is 8.48. The monoisotopic (exact) mass is 478 g/mol. The fourth-order valence-corrected chi connectivity index (χ4v) is 3.39. The average Bonchev–Trinajstić information content (AvgIpc) is 2.78. The third kappa shape index (κ3) is 8.47. The zero-order valence-corrected chi connectivity index (χ0v) is 20.1. The van der Waals surface area contributed by atoms with Gasteiger partial charge < -0.3 is 30.9 Å². The number of amides is 2. The van der Waals surface area contributed by atoms with E-state index in [9.17, 15) is 19.8 Å². The molecule has 0 aliphatic carbocycles. The van der Waals surface area contributed by atoms with Crippen LogP contribution in [0.1, 0.15) is 51.2 Å². The Kier molecular flexibility index (Phi) is 10.9. The van der Waals surface area contributed by atoms with Gasteiger partial charge in [-0.1, -0.05) is 38.1 Å². The molecule has 0 radical (unpaired) electrons. The molecule has 182 valence electrons. The second-order valence-electron chi connectivity index (χ2n) is 8.03. The maximum absolute atomic E-state index is 12.9. The zero-order valence-electron chi connectivity index (χ0n) is 19.2. The number of aliphatic hydroxyl groups excluding tert-OH is 2. The number of carbonyl (C=O) groups excluding carboxylic acids is 2. The molecule has 1 aromatic rings. The van der Waals surface area contributed by atoms with E-state index in [1.165, 1.54) is 6.08 Å². The largest absolute Gasteiger partial charge is 0.368 e. The fourth-order valence-electron chi connectivity index (χ4n) is 3.24. The SMILES string of the molecule is C/C=C1\NC(O)c2cccc(n2)CNC(=O)C[C@@H](/C=C/CCS)OC(O)[C@H](C(C)C)NC1=O. The number of allylic oxidation sites excluding steroid dienone is 2. The maximum Gasteiger partial charge on any atom is 0.267 e. The number of hydrogen-bond donors (Lipinski definition) is 6. The molecular weight excluding hydrogens is 444 g/mol. The van der Waals surface area contributed by atoms with Crippen LogP contribution in [0, 0.1) is 5.92 Å². The summed E-state index contributed by atoms with van der Waals surface area (Å²) >= 11 is 4.18. The van der Waals surface area contributed by atoms with Crippen LogP contribution in [-0.2, 0) is 20.9 Å². The molecule has 4 atom stereocenters. The summed E-state index contributed by atoms with van der Waals surface area (Å²) in [5, 5.41) is 29.6. The summed E-state index contributed by atoms with van der Waals surface area (Å²) in [4.78, 5) is 29.8. The Morgan fingerprint density at radius 2 is 2.03 bits per heavy atom. The van der Waals surface area contributed by atoms with E-state index in [1.807, 2.05) is 19.9 Å². The highest BCUT2D eigenvalue weighted by Crippen LogP contribution is 2.16. The average molecular weight is 479 g/mol. The van der Waals surface area contributed by atoms with Gasteiger partial charge in [0.15, 0.2) is 12.5 Å². The van der Waals surface area contributed by atoms with Gasteiger partial charge in [-0.15, -0.1) is 0 Å². The molecule has 2 unspecified atom stereocenters. The van der Waals surface area contributed by atoms with E-state index in [-0.39, 0.29) is 30.5 Å². The van der Waals surface area contributed by atoms with Gasteiger partial charge >= 0.3 is 0 Å². The first-order valence-electron chi connectivity index (χ1n) is 11.0. The number of carbonyl (C=O) groups is 2. The highest BCUT2D eigenvalue weighted by atomic mass is 32.1. The summed E-state index contributed by atoms with van der Waals surface area (Å²) in [6, 6.07) is 4.29. The molecular formula is C23H34N4O5S. The summed E-state index contributed by atoms with van der Waals surface area (Å²) in [6.07, 6.45) is 2.43. The Bertz CT molecular complexity index is 861. The van der Waals surface area contributed by atoms with Crippen molar-refractivity contribution in [1.82, 2.24) is 20.9 Å². The van der Waals surface area contributed by atoms with E-state index >= 15 is 0 Å². The first-order chi connectivity index (χ1) is 15.7. The van der Waals surface area contributed by atoms with E-state index in [4.69, 9.17) is 4.74 Å². The summed E-state index contributed by atoms with van der Waals surface area (Å²) in [6.45, 7) is 5.48. The number of rotatable bonds is 4. The van der Waals surface area contributed by atoms with Crippen molar-refractivity contribution in [3.63, 3.8) is 0 Å². The van der Waals surface area contributed by atoms with Crippen molar-refractivity contribution in [2.75, 3.05) is 5.75 Å². The van der Waals surface area contributed by atoms with Crippen LogP contribution in [0.15, 0.2) is 42.1 Å². The number of thiol groups is 1.